The molecule has 2 aromatic rings. The Balaban J connectivity index is 1.78. The third kappa shape index (κ3) is 2.66. The topological polar surface area (TPSA) is 77.8 Å². The fourth-order valence-electron chi connectivity index (χ4n) is 2.33. The zero-order chi connectivity index (χ0) is 13.9. The van der Waals surface area contributed by atoms with Crippen molar-refractivity contribution in [2.45, 2.75) is 45.4 Å². The van der Waals surface area contributed by atoms with Gasteiger partial charge in [0.15, 0.2) is 5.82 Å². The monoisotopic (exact) mass is 294 g/mol. The molecule has 0 spiro atoms. The second-order valence-corrected chi connectivity index (χ2v) is 5.50. The molecule has 0 aromatic carbocycles. The van der Waals surface area contributed by atoms with E-state index in [4.69, 9.17) is 4.74 Å². The molecule has 0 saturated carbocycles. The summed E-state index contributed by atoms with van der Waals surface area (Å²) in [5, 5.41) is 8.75. The molecule has 0 bridgehead atoms. The molecule has 108 valence electrons. The smallest absolute Gasteiger partial charge is 0.203 e. The molecule has 0 amide bonds. The Bertz CT molecular complexity index is 580. The van der Waals surface area contributed by atoms with Crippen LogP contribution in [0.25, 0.3) is 0 Å². The first-order valence-corrected chi connectivity index (χ1v) is 7.59. The summed E-state index contributed by atoms with van der Waals surface area (Å²) in [4.78, 5) is 9.02. The number of nitrogens with zero attached hydrogens (tertiary/aromatic N) is 5. The highest BCUT2D eigenvalue weighted by Crippen LogP contribution is 2.28. The predicted octanol–water partition coefficient (Wildman–Crippen LogP) is 1.79. The van der Waals surface area contributed by atoms with Gasteiger partial charge in [-0.3, -0.25) is 0 Å². The Morgan fingerprint density at radius 1 is 1.40 bits per heavy atom. The highest BCUT2D eigenvalue weighted by molar-refractivity contribution is 7.09. The second kappa shape index (κ2) is 5.84. The summed E-state index contributed by atoms with van der Waals surface area (Å²) < 4.78 is 11.4. The lowest BCUT2D eigenvalue weighted by Gasteiger charge is -2.22. The van der Waals surface area contributed by atoms with Gasteiger partial charge in [0.05, 0.1) is 6.04 Å². The Morgan fingerprint density at radius 3 is 3.05 bits per heavy atom. The first kappa shape index (κ1) is 13.4. The van der Waals surface area contributed by atoms with Crippen LogP contribution in [0.4, 0.5) is 5.13 Å². The van der Waals surface area contributed by atoms with Crippen molar-refractivity contribution in [3.05, 3.63) is 17.5 Å². The molecule has 8 heteroatoms. The van der Waals surface area contributed by atoms with E-state index in [-0.39, 0.29) is 6.04 Å². The van der Waals surface area contributed by atoms with Crippen LogP contribution in [0, 0.1) is 0 Å². The van der Waals surface area contributed by atoms with Crippen LogP contribution in [0.1, 0.15) is 43.3 Å². The minimum atomic E-state index is 0.152. The first-order valence-electron chi connectivity index (χ1n) is 6.81. The zero-order valence-electron chi connectivity index (χ0n) is 11.7. The van der Waals surface area contributed by atoms with Crippen molar-refractivity contribution < 1.29 is 4.74 Å². The van der Waals surface area contributed by atoms with Crippen LogP contribution >= 0.6 is 11.5 Å². The average Bonchev–Trinajstić information content (AvgIpc) is 3.06. The summed E-state index contributed by atoms with van der Waals surface area (Å²) in [6, 6.07) is 0.152. The molecule has 20 heavy (non-hydrogen) atoms. The van der Waals surface area contributed by atoms with Gasteiger partial charge in [-0.1, -0.05) is 6.92 Å². The summed E-state index contributed by atoms with van der Waals surface area (Å²) in [5.41, 5.74) is 0. The van der Waals surface area contributed by atoms with E-state index in [1.807, 2.05) is 4.68 Å². The number of fused-ring (bicyclic) bond motifs is 1. The number of anilines is 1. The van der Waals surface area contributed by atoms with Crippen molar-refractivity contribution in [2.24, 2.45) is 0 Å². The van der Waals surface area contributed by atoms with Gasteiger partial charge < -0.3 is 10.1 Å². The van der Waals surface area contributed by atoms with Crippen LogP contribution in [0.2, 0.25) is 0 Å². The minimum absolute atomic E-state index is 0.152. The lowest BCUT2D eigenvalue weighted by Crippen LogP contribution is -2.22. The van der Waals surface area contributed by atoms with Crippen molar-refractivity contribution >= 4 is 16.7 Å². The van der Waals surface area contributed by atoms with E-state index < -0.39 is 0 Å². The number of methoxy groups -OCH3 is 1. The minimum Gasteiger partial charge on any atom is -0.377 e. The molecule has 1 aliphatic heterocycles. The van der Waals surface area contributed by atoms with E-state index in [0.717, 1.165) is 48.4 Å². The van der Waals surface area contributed by atoms with Crippen molar-refractivity contribution in [2.75, 3.05) is 12.4 Å². The molecule has 3 rings (SSSR count). The Kier molecular flexibility index (Phi) is 3.93. The van der Waals surface area contributed by atoms with E-state index in [2.05, 4.69) is 31.7 Å². The maximum Gasteiger partial charge on any atom is 0.203 e. The molecule has 0 aliphatic carbocycles. The molecule has 1 N–H and O–H groups in total. The Morgan fingerprint density at radius 2 is 2.30 bits per heavy atom. The number of hydrogen-bond donors (Lipinski definition) is 1. The number of aromatic nitrogens is 5. The largest absolute Gasteiger partial charge is 0.377 e. The number of ether oxygens (including phenoxy) is 1. The lowest BCUT2D eigenvalue weighted by atomic mass is 10.1. The number of rotatable bonds is 5. The van der Waals surface area contributed by atoms with E-state index in [1.54, 1.807) is 7.11 Å². The first-order chi connectivity index (χ1) is 9.80. The van der Waals surface area contributed by atoms with Crippen LogP contribution in [-0.4, -0.2) is 31.2 Å². The number of nitrogens with one attached hydrogen (secondary N) is 1. The molecule has 0 radical (unpaired) electrons. The maximum atomic E-state index is 5.10. The van der Waals surface area contributed by atoms with Gasteiger partial charge in [-0.2, -0.15) is 9.47 Å². The molecule has 0 saturated heterocycles. The van der Waals surface area contributed by atoms with E-state index in [9.17, 15) is 0 Å². The fraction of sp³-hybridized carbons (Fsp3) is 0.667. The van der Waals surface area contributed by atoms with E-state index in [1.165, 1.54) is 11.5 Å². The van der Waals surface area contributed by atoms with Crippen LogP contribution in [0.3, 0.4) is 0 Å². The molecule has 7 nitrogen and oxygen atoms in total. The maximum absolute atomic E-state index is 5.10. The van der Waals surface area contributed by atoms with Gasteiger partial charge in [0.25, 0.3) is 0 Å². The van der Waals surface area contributed by atoms with Crippen molar-refractivity contribution in [3.8, 4) is 0 Å². The van der Waals surface area contributed by atoms with Gasteiger partial charge in [0.2, 0.25) is 5.13 Å². The van der Waals surface area contributed by atoms with Gasteiger partial charge in [0, 0.05) is 31.6 Å². The summed E-state index contributed by atoms with van der Waals surface area (Å²) in [6.07, 6.45) is 2.98. The molecule has 1 atom stereocenters. The third-order valence-electron chi connectivity index (χ3n) is 3.27. The van der Waals surface area contributed by atoms with Crippen molar-refractivity contribution in [3.63, 3.8) is 0 Å². The van der Waals surface area contributed by atoms with Gasteiger partial charge >= 0.3 is 0 Å². The number of hydrogen-bond acceptors (Lipinski definition) is 7. The normalized spacial score (nSPS) is 18.0. The van der Waals surface area contributed by atoms with E-state index >= 15 is 0 Å². The Labute approximate surface area is 121 Å². The highest BCUT2D eigenvalue weighted by atomic mass is 32.1. The van der Waals surface area contributed by atoms with Crippen LogP contribution in [0.15, 0.2) is 0 Å². The highest BCUT2D eigenvalue weighted by Gasteiger charge is 2.25. The molecule has 3 heterocycles. The SMILES string of the molecule is CCc1nsc(N[C@@H]2CCCn3nc(COC)nc32)n1. The molecular weight excluding hydrogens is 276 g/mol. The summed E-state index contributed by atoms with van der Waals surface area (Å²) >= 11 is 1.41. The summed E-state index contributed by atoms with van der Waals surface area (Å²) in [7, 11) is 1.66. The molecule has 0 unspecified atom stereocenters. The van der Waals surface area contributed by atoms with Crippen molar-refractivity contribution in [1.29, 1.82) is 0 Å². The van der Waals surface area contributed by atoms with Gasteiger partial charge in [-0.15, -0.1) is 0 Å². The second-order valence-electron chi connectivity index (χ2n) is 4.75. The quantitative estimate of drug-likeness (QED) is 0.905. The predicted molar refractivity (Wildman–Crippen MR) is 75.6 cm³/mol. The van der Waals surface area contributed by atoms with E-state index in [0.29, 0.717) is 6.61 Å². The number of aryl methyl sites for hydroxylation is 2. The average molecular weight is 294 g/mol. The van der Waals surface area contributed by atoms with Gasteiger partial charge in [-0.25, -0.2) is 14.6 Å². The standard InChI is InChI=1S/C12H18N6OS/c1-3-9-15-12(20-17-9)13-8-5-4-6-18-11(8)14-10(16-18)7-19-2/h8H,3-7H2,1-2H3,(H,13,15,17)/t8-/m1/s1. The van der Waals surface area contributed by atoms with Crippen molar-refractivity contribution in [1.82, 2.24) is 24.1 Å². The molecule has 0 fully saturated rings. The Hall–Kier alpha value is -1.54. The summed E-state index contributed by atoms with van der Waals surface area (Å²) in [5.74, 6) is 2.59. The zero-order valence-corrected chi connectivity index (χ0v) is 12.5. The fourth-order valence-corrected chi connectivity index (χ4v) is 3.03. The molecular formula is C12H18N6OS. The lowest BCUT2D eigenvalue weighted by molar-refractivity contribution is 0.177. The van der Waals surface area contributed by atoms with Gasteiger partial charge in [-0.05, 0) is 12.8 Å². The van der Waals surface area contributed by atoms with Crippen LogP contribution in [0.5, 0.6) is 0 Å². The molecule has 1 aliphatic rings. The van der Waals surface area contributed by atoms with Crippen LogP contribution < -0.4 is 5.32 Å². The van der Waals surface area contributed by atoms with Gasteiger partial charge in [0.1, 0.15) is 18.3 Å². The third-order valence-corrected chi connectivity index (χ3v) is 3.96. The molecule has 2 aromatic heterocycles. The van der Waals surface area contributed by atoms with Crippen LogP contribution in [-0.2, 0) is 24.3 Å². The summed E-state index contributed by atoms with van der Waals surface area (Å²) in [6.45, 7) is 3.42.